The number of para-hydroxylation sites is 1. The van der Waals surface area contributed by atoms with E-state index in [0.29, 0.717) is 54.6 Å². The van der Waals surface area contributed by atoms with Crippen LogP contribution in [0, 0.1) is 5.92 Å². The minimum Gasteiger partial charge on any atom is -0.457 e. The highest BCUT2D eigenvalue weighted by Gasteiger charge is 2.39. The maximum Gasteiger partial charge on any atom is 0.254 e. The molecular formula is C30H31N5O4. The van der Waals surface area contributed by atoms with Crippen LogP contribution >= 0.6 is 0 Å². The van der Waals surface area contributed by atoms with Crippen molar-refractivity contribution in [1.29, 1.82) is 0 Å². The van der Waals surface area contributed by atoms with E-state index in [0.717, 1.165) is 12.8 Å². The highest BCUT2D eigenvalue weighted by molar-refractivity contribution is 6.09. The second kappa shape index (κ2) is 11.0. The van der Waals surface area contributed by atoms with Crippen molar-refractivity contribution in [3.63, 3.8) is 0 Å². The quantitative estimate of drug-likeness (QED) is 0.462. The summed E-state index contributed by atoms with van der Waals surface area (Å²) < 4.78 is 7.70. The molecule has 5 rings (SSSR count). The van der Waals surface area contributed by atoms with Gasteiger partial charge in [-0.3, -0.25) is 19.3 Å². The molecule has 200 valence electrons. The molecule has 0 saturated carbocycles. The first-order valence-corrected chi connectivity index (χ1v) is 13.0. The Morgan fingerprint density at radius 1 is 0.872 bits per heavy atom. The van der Waals surface area contributed by atoms with Gasteiger partial charge < -0.3 is 15.4 Å². The van der Waals surface area contributed by atoms with Crippen LogP contribution in [0.2, 0.25) is 0 Å². The molecule has 2 N–H and O–H groups in total. The molecular weight excluding hydrogens is 494 g/mol. The summed E-state index contributed by atoms with van der Waals surface area (Å²) in [7, 11) is 0. The Morgan fingerprint density at radius 3 is 2.13 bits per heavy atom. The zero-order chi connectivity index (χ0) is 27.5. The predicted molar refractivity (Wildman–Crippen MR) is 148 cm³/mol. The number of ether oxygens (including phenoxy) is 1. The number of rotatable bonds is 7. The third-order valence-electron chi connectivity index (χ3n) is 7.47. The van der Waals surface area contributed by atoms with E-state index in [1.165, 1.54) is 17.1 Å². The van der Waals surface area contributed by atoms with Crippen LogP contribution in [0.25, 0.3) is 11.3 Å². The van der Waals surface area contributed by atoms with E-state index < -0.39 is 5.91 Å². The number of amides is 3. The van der Waals surface area contributed by atoms with Crippen molar-refractivity contribution in [2.24, 2.45) is 11.7 Å². The molecule has 3 heterocycles. The van der Waals surface area contributed by atoms with E-state index in [-0.39, 0.29) is 29.3 Å². The molecule has 2 aliphatic rings. The van der Waals surface area contributed by atoms with Crippen molar-refractivity contribution in [2.75, 3.05) is 24.5 Å². The molecule has 2 aromatic carbocycles. The maximum absolute atomic E-state index is 12.9. The number of fused-ring (bicyclic) bond motifs is 1. The van der Waals surface area contributed by atoms with E-state index in [9.17, 15) is 14.4 Å². The molecule has 0 bridgehead atoms. The standard InChI is InChI=1S/C30H31N5O4/c1-3-25(36)33-17-14-20(15-18-33)24-16-19-34(26(37)4-2)30-27(29(31)38)28(32-35(24)30)21-10-12-23(13-11-21)39-22-8-6-5-7-9-22/h3-13,20,24H,1-2,14-19H2,(H2,31,38)/t24-/m0/s1. The van der Waals surface area contributed by atoms with Gasteiger partial charge in [-0.25, -0.2) is 4.68 Å². The van der Waals surface area contributed by atoms with Crippen molar-refractivity contribution in [3.8, 4) is 22.8 Å². The highest BCUT2D eigenvalue weighted by atomic mass is 16.5. The van der Waals surface area contributed by atoms with Crippen LogP contribution < -0.4 is 15.4 Å². The highest BCUT2D eigenvalue weighted by Crippen LogP contribution is 2.42. The average Bonchev–Trinajstić information content (AvgIpc) is 3.38. The summed E-state index contributed by atoms with van der Waals surface area (Å²) in [6, 6.07) is 16.7. The van der Waals surface area contributed by atoms with Crippen LogP contribution in [0.1, 0.15) is 35.7 Å². The number of nitrogens with zero attached hydrogens (tertiary/aromatic N) is 4. The Balaban J connectivity index is 1.51. The predicted octanol–water partition coefficient (Wildman–Crippen LogP) is 4.33. The molecule has 3 aromatic rings. The number of anilines is 1. The van der Waals surface area contributed by atoms with Gasteiger partial charge in [0.25, 0.3) is 11.8 Å². The Bertz CT molecular complexity index is 1410. The summed E-state index contributed by atoms with van der Waals surface area (Å²) >= 11 is 0. The van der Waals surface area contributed by atoms with Gasteiger partial charge >= 0.3 is 0 Å². The Labute approximate surface area is 227 Å². The maximum atomic E-state index is 12.9. The average molecular weight is 526 g/mol. The normalized spacial score (nSPS) is 17.3. The van der Waals surface area contributed by atoms with Crippen molar-refractivity contribution in [1.82, 2.24) is 14.7 Å². The zero-order valence-electron chi connectivity index (χ0n) is 21.7. The van der Waals surface area contributed by atoms with Crippen molar-refractivity contribution in [2.45, 2.75) is 25.3 Å². The Hall–Kier alpha value is -4.66. The number of piperidine rings is 1. The van der Waals surface area contributed by atoms with Gasteiger partial charge in [-0.15, -0.1) is 0 Å². The first-order chi connectivity index (χ1) is 18.9. The van der Waals surface area contributed by atoms with Gasteiger partial charge in [-0.2, -0.15) is 5.10 Å². The van der Waals surface area contributed by atoms with Gasteiger partial charge in [-0.1, -0.05) is 31.4 Å². The summed E-state index contributed by atoms with van der Waals surface area (Å²) in [5, 5.41) is 4.90. The molecule has 0 radical (unpaired) electrons. The summed E-state index contributed by atoms with van der Waals surface area (Å²) in [6.07, 6.45) is 4.80. The van der Waals surface area contributed by atoms with Crippen molar-refractivity contribution >= 4 is 23.5 Å². The fraction of sp³-hybridized carbons (Fsp3) is 0.267. The van der Waals surface area contributed by atoms with E-state index in [4.69, 9.17) is 15.6 Å². The van der Waals surface area contributed by atoms with Crippen LogP contribution in [0.15, 0.2) is 79.9 Å². The largest absolute Gasteiger partial charge is 0.457 e. The molecule has 9 nitrogen and oxygen atoms in total. The minimum absolute atomic E-state index is 0.0533. The fourth-order valence-electron chi connectivity index (χ4n) is 5.53. The molecule has 0 unspecified atom stereocenters. The summed E-state index contributed by atoms with van der Waals surface area (Å²) in [4.78, 5) is 41.1. The molecule has 0 spiro atoms. The number of carbonyl (C=O) groups is 3. The second-order valence-electron chi connectivity index (χ2n) is 9.71. The summed E-state index contributed by atoms with van der Waals surface area (Å²) in [5.41, 5.74) is 7.21. The molecule has 1 atom stereocenters. The topological polar surface area (TPSA) is 111 Å². The fourth-order valence-corrected chi connectivity index (χ4v) is 5.53. The van der Waals surface area contributed by atoms with Gasteiger partial charge in [-0.05, 0) is 73.7 Å². The Kier molecular flexibility index (Phi) is 7.31. The zero-order valence-corrected chi connectivity index (χ0v) is 21.7. The number of hydrogen-bond acceptors (Lipinski definition) is 5. The molecule has 1 saturated heterocycles. The van der Waals surface area contributed by atoms with Gasteiger partial charge in [0.2, 0.25) is 5.91 Å². The van der Waals surface area contributed by atoms with Gasteiger partial charge in [0.1, 0.15) is 28.6 Å². The number of benzene rings is 2. The van der Waals surface area contributed by atoms with Gasteiger partial charge in [0.05, 0.1) is 6.04 Å². The van der Waals surface area contributed by atoms with Crippen LogP contribution in [-0.4, -0.2) is 52.0 Å². The van der Waals surface area contributed by atoms with Crippen molar-refractivity contribution in [3.05, 3.63) is 85.5 Å². The molecule has 9 heteroatoms. The number of aromatic nitrogens is 2. The van der Waals surface area contributed by atoms with E-state index in [1.807, 2.05) is 54.6 Å². The lowest BCUT2D eigenvalue weighted by atomic mass is 9.86. The number of carbonyl (C=O) groups excluding carboxylic acids is 3. The van der Waals surface area contributed by atoms with Crippen LogP contribution in [0.4, 0.5) is 5.82 Å². The van der Waals surface area contributed by atoms with Crippen LogP contribution in [0.3, 0.4) is 0 Å². The number of hydrogen-bond donors (Lipinski definition) is 1. The van der Waals surface area contributed by atoms with Crippen LogP contribution in [-0.2, 0) is 9.59 Å². The number of primary amides is 1. The SMILES string of the molecule is C=CC(=O)N1CCC([C@@H]2CCN(C(=O)C=C)c3c(C(N)=O)c(-c4ccc(Oc5ccccc5)cc4)nn32)CC1. The van der Waals surface area contributed by atoms with Gasteiger partial charge in [0, 0.05) is 25.2 Å². The molecule has 2 aliphatic heterocycles. The lowest BCUT2D eigenvalue weighted by Gasteiger charge is -2.40. The van der Waals surface area contributed by atoms with E-state index in [1.54, 1.807) is 9.58 Å². The smallest absolute Gasteiger partial charge is 0.254 e. The number of likely N-dealkylation sites (tertiary alicyclic amines) is 1. The Morgan fingerprint density at radius 2 is 1.51 bits per heavy atom. The second-order valence-corrected chi connectivity index (χ2v) is 9.71. The third kappa shape index (κ3) is 5.07. The van der Waals surface area contributed by atoms with Crippen molar-refractivity contribution < 1.29 is 19.1 Å². The first kappa shape index (κ1) is 26.0. The monoisotopic (exact) mass is 525 g/mol. The van der Waals surface area contributed by atoms with E-state index >= 15 is 0 Å². The van der Waals surface area contributed by atoms with E-state index in [2.05, 4.69) is 13.2 Å². The molecule has 39 heavy (non-hydrogen) atoms. The van der Waals surface area contributed by atoms with Gasteiger partial charge in [0.15, 0.2) is 0 Å². The molecule has 0 aliphatic carbocycles. The summed E-state index contributed by atoms with van der Waals surface area (Å²) in [6.45, 7) is 8.88. The lowest BCUT2D eigenvalue weighted by Crippen LogP contribution is -2.44. The van der Waals surface area contributed by atoms with Crippen LogP contribution in [0.5, 0.6) is 11.5 Å². The summed E-state index contributed by atoms with van der Waals surface area (Å²) in [5.74, 6) is 0.908. The third-order valence-corrected chi connectivity index (χ3v) is 7.47. The molecule has 1 aromatic heterocycles. The number of nitrogens with two attached hydrogens (primary N) is 1. The lowest BCUT2D eigenvalue weighted by molar-refractivity contribution is -0.127. The molecule has 1 fully saturated rings. The first-order valence-electron chi connectivity index (χ1n) is 13.0. The molecule has 3 amide bonds. The minimum atomic E-state index is -0.662.